The summed E-state index contributed by atoms with van der Waals surface area (Å²) in [5.74, 6) is 1.49. The number of methoxy groups -OCH3 is 2. The molecular weight excluding hydrogens is 352 g/mol. The Morgan fingerprint density at radius 2 is 1.89 bits per heavy atom. The van der Waals surface area contributed by atoms with Crippen molar-refractivity contribution in [3.05, 3.63) is 58.7 Å². The number of amides is 1. The van der Waals surface area contributed by atoms with E-state index in [9.17, 15) is 4.79 Å². The van der Waals surface area contributed by atoms with Crippen molar-refractivity contribution in [2.45, 2.75) is 45.8 Å². The van der Waals surface area contributed by atoms with Crippen LogP contribution >= 0.6 is 0 Å². The van der Waals surface area contributed by atoms with Gasteiger partial charge in [0.1, 0.15) is 12.6 Å². The van der Waals surface area contributed by atoms with E-state index >= 15 is 0 Å². The van der Waals surface area contributed by atoms with Gasteiger partial charge in [-0.1, -0.05) is 24.3 Å². The largest absolute Gasteiger partial charge is 0.493 e. The SMILES string of the molecule is COc1cc2c(cc1OC)[C@H]([C@@H](C)NC(C)=O)[NH+](Cc1ccccc1C)CC2. The molecule has 1 heterocycles. The van der Waals surface area contributed by atoms with Crippen molar-refractivity contribution in [1.29, 1.82) is 0 Å². The maximum atomic E-state index is 11.8. The average Bonchev–Trinajstić information content (AvgIpc) is 2.67. The summed E-state index contributed by atoms with van der Waals surface area (Å²) in [5, 5.41) is 3.12. The number of quaternary nitrogens is 1. The van der Waals surface area contributed by atoms with Crippen molar-refractivity contribution >= 4 is 5.91 Å². The number of rotatable bonds is 6. The number of hydrogen-bond donors (Lipinski definition) is 2. The molecular formula is C23H31N2O3+. The van der Waals surface area contributed by atoms with Crippen LogP contribution in [0.3, 0.4) is 0 Å². The molecule has 0 bridgehead atoms. The molecule has 1 aliphatic heterocycles. The molecule has 150 valence electrons. The van der Waals surface area contributed by atoms with E-state index < -0.39 is 0 Å². The summed E-state index contributed by atoms with van der Waals surface area (Å²) in [5.41, 5.74) is 5.16. The third-order valence-electron chi connectivity index (χ3n) is 5.75. The van der Waals surface area contributed by atoms with Gasteiger partial charge in [0, 0.05) is 24.5 Å². The van der Waals surface area contributed by atoms with Gasteiger partial charge in [0.25, 0.3) is 0 Å². The third-order valence-corrected chi connectivity index (χ3v) is 5.75. The van der Waals surface area contributed by atoms with Gasteiger partial charge in [0.2, 0.25) is 5.91 Å². The standard InChI is InChI=1S/C23H30N2O3/c1-15-8-6-7-9-19(15)14-25-11-10-18-12-21(27-4)22(28-5)13-20(18)23(25)16(2)24-17(3)26/h6-9,12-13,16,23H,10-11,14H2,1-5H3,(H,24,26)/p+1/t16-,23+/m1/s1. The van der Waals surface area contributed by atoms with Crippen molar-refractivity contribution in [3.8, 4) is 11.5 Å². The van der Waals surface area contributed by atoms with Crippen LogP contribution in [0.4, 0.5) is 0 Å². The number of aryl methyl sites for hydroxylation is 1. The average molecular weight is 384 g/mol. The molecule has 1 amide bonds. The molecule has 5 heteroatoms. The van der Waals surface area contributed by atoms with Crippen LogP contribution in [0.5, 0.6) is 11.5 Å². The quantitative estimate of drug-likeness (QED) is 0.804. The van der Waals surface area contributed by atoms with E-state index in [2.05, 4.69) is 55.6 Å². The maximum absolute atomic E-state index is 11.8. The van der Waals surface area contributed by atoms with Gasteiger partial charge in [0.15, 0.2) is 11.5 Å². The van der Waals surface area contributed by atoms with E-state index in [1.807, 2.05) is 0 Å². The maximum Gasteiger partial charge on any atom is 0.217 e. The Balaban J connectivity index is 2.02. The van der Waals surface area contributed by atoms with Crippen LogP contribution in [0.2, 0.25) is 0 Å². The Labute approximate surface area is 167 Å². The first kappa shape index (κ1) is 20.2. The fourth-order valence-corrected chi connectivity index (χ4v) is 4.39. The van der Waals surface area contributed by atoms with E-state index in [1.165, 1.54) is 27.2 Å². The smallest absolute Gasteiger partial charge is 0.217 e. The van der Waals surface area contributed by atoms with Gasteiger partial charge in [-0.15, -0.1) is 0 Å². The second kappa shape index (κ2) is 8.65. The summed E-state index contributed by atoms with van der Waals surface area (Å²) in [6, 6.07) is 12.9. The molecule has 0 radical (unpaired) electrons. The molecule has 5 nitrogen and oxygen atoms in total. The zero-order chi connectivity index (χ0) is 20.3. The molecule has 1 unspecified atom stereocenters. The van der Waals surface area contributed by atoms with Crippen LogP contribution in [0.1, 0.15) is 42.1 Å². The number of carbonyl (C=O) groups excluding carboxylic acids is 1. The zero-order valence-corrected chi connectivity index (χ0v) is 17.5. The van der Waals surface area contributed by atoms with Crippen LogP contribution in [-0.2, 0) is 17.8 Å². The van der Waals surface area contributed by atoms with Gasteiger partial charge in [-0.05, 0) is 37.1 Å². The van der Waals surface area contributed by atoms with E-state index in [1.54, 1.807) is 21.1 Å². The number of hydrogen-bond acceptors (Lipinski definition) is 3. The molecule has 0 aromatic heterocycles. The molecule has 3 atom stereocenters. The Hall–Kier alpha value is -2.53. The monoisotopic (exact) mass is 383 g/mol. The lowest BCUT2D eigenvalue weighted by molar-refractivity contribution is -0.948. The summed E-state index contributed by atoms with van der Waals surface area (Å²) < 4.78 is 11.1. The van der Waals surface area contributed by atoms with Crippen LogP contribution in [0.25, 0.3) is 0 Å². The van der Waals surface area contributed by atoms with Crippen LogP contribution < -0.4 is 19.7 Å². The molecule has 2 aromatic rings. The second-order valence-electron chi connectivity index (χ2n) is 7.63. The predicted molar refractivity (Wildman–Crippen MR) is 110 cm³/mol. The predicted octanol–water partition coefficient (Wildman–Crippen LogP) is 2.22. The zero-order valence-electron chi connectivity index (χ0n) is 17.5. The van der Waals surface area contributed by atoms with Crippen molar-refractivity contribution in [3.63, 3.8) is 0 Å². The van der Waals surface area contributed by atoms with Crippen LogP contribution in [0.15, 0.2) is 36.4 Å². The lowest BCUT2D eigenvalue weighted by Crippen LogP contribution is -3.13. The number of carbonyl (C=O) groups is 1. The van der Waals surface area contributed by atoms with Crippen molar-refractivity contribution in [2.24, 2.45) is 0 Å². The highest BCUT2D eigenvalue weighted by Crippen LogP contribution is 2.35. The molecule has 2 aromatic carbocycles. The van der Waals surface area contributed by atoms with Gasteiger partial charge < -0.3 is 19.7 Å². The van der Waals surface area contributed by atoms with Gasteiger partial charge in [-0.3, -0.25) is 4.79 Å². The van der Waals surface area contributed by atoms with E-state index in [0.29, 0.717) is 0 Å². The van der Waals surface area contributed by atoms with Crippen LogP contribution in [-0.4, -0.2) is 32.7 Å². The fraction of sp³-hybridized carbons (Fsp3) is 0.435. The topological polar surface area (TPSA) is 52.0 Å². The Bertz CT molecular complexity index is 850. The minimum atomic E-state index is -0.00431. The highest BCUT2D eigenvalue weighted by atomic mass is 16.5. The second-order valence-corrected chi connectivity index (χ2v) is 7.63. The molecule has 0 fully saturated rings. The van der Waals surface area contributed by atoms with Gasteiger partial charge in [0.05, 0.1) is 26.8 Å². The van der Waals surface area contributed by atoms with Crippen molar-refractivity contribution < 1.29 is 19.2 Å². The summed E-state index contributed by atoms with van der Waals surface area (Å²) in [4.78, 5) is 13.2. The number of fused-ring (bicyclic) bond motifs is 1. The van der Waals surface area contributed by atoms with Crippen molar-refractivity contribution in [2.75, 3.05) is 20.8 Å². The molecule has 0 aliphatic carbocycles. The van der Waals surface area contributed by atoms with Gasteiger partial charge in [-0.2, -0.15) is 0 Å². The highest BCUT2D eigenvalue weighted by Gasteiger charge is 2.37. The fourth-order valence-electron chi connectivity index (χ4n) is 4.39. The number of ether oxygens (including phenoxy) is 2. The first-order chi connectivity index (χ1) is 13.4. The summed E-state index contributed by atoms with van der Waals surface area (Å²) in [6.45, 7) is 7.76. The number of benzene rings is 2. The van der Waals surface area contributed by atoms with E-state index in [-0.39, 0.29) is 18.0 Å². The first-order valence-corrected chi connectivity index (χ1v) is 9.85. The number of nitrogens with one attached hydrogen (secondary N) is 2. The molecule has 1 aliphatic rings. The molecule has 0 saturated heterocycles. The highest BCUT2D eigenvalue weighted by molar-refractivity contribution is 5.73. The van der Waals surface area contributed by atoms with Gasteiger partial charge in [-0.25, -0.2) is 0 Å². The van der Waals surface area contributed by atoms with Gasteiger partial charge >= 0.3 is 0 Å². The summed E-state index contributed by atoms with van der Waals surface area (Å²) in [6.07, 6.45) is 0.972. The lowest BCUT2D eigenvalue weighted by Gasteiger charge is -2.38. The minimum absolute atomic E-state index is 0.00431. The Morgan fingerprint density at radius 3 is 2.54 bits per heavy atom. The summed E-state index contributed by atoms with van der Waals surface area (Å²) >= 11 is 0. The molecule has 0 spiro atoms. The van der Waals surface area contributed by atoms with Crippen LogP contribution in [0, 0.1) is 6.92 Å². The normalized spacial score (nSPS) is 19.5. The Morgan fingerprint density at radius 1 is 1.21 bits per heavy atom. The first-order valence-electron chi connectivity index (χ1n) is 9.85. The third kappa shape index (κ3) is 4.14. The minimum Gasteiger partial charge on any atom is -0.493 e. The Kier molecular flexibility index (Phi) is 6.25. The van der Waals surface area contributed by atoms with E-state index in [0.717, 1.165) is 31.0 Å². The molecule has 0 saturated carbocycles. The summed E-state index contributed by atoms with van der Waals surface area (Å²) in [7, 11) is 3.33. The molecule has 28 heavy (non-hydrogen) atoms. The van der Waals surface area contributed by atoms with Crippen molar-refractivity contribution in [1.82, 2.24) is 5.32 Å². The molecule has 2 N–H and O–H groups in total. The van der Waals surface area contributed by atoms with E-state index in [4.69, 9.17) is 9.47 Å². The lowest BCUT2D eigenvalue weighted by atomic mass is 9.87. The molecule has 3 rings (SSSR count).